The highest BCUT2D eigenvalue weighted by Gasteiger charge is 2.20. The van der Waals surface area contributed by atoms with E-state index in [4.69, 9.17) is 4.52 Å². The van der Waals surface area contributed by atoms with Crippen molar-refractivity contribution in [2.24, 2.45) is 4.99 Å². The Kier molecular flexibility index (Phi) is 6.60. The van der Waals surface area contributed by atoms with Crippen molar-refractivity contribution in [3.63, 3.8) is 0 Å². The molecule has 0 bridgehead atoms. The molecule has 1 aliphatic rings. The first-order valence-electron chi connectivity index (χ1n) is 8.30. The molecule has 0 atom stereocenters. The van der Waals surface area contributed by atoms with Crippen LogP contribution in [0.2, 0.25) is 0 Å². The van der Waals surface area contributed by atoms with Crippen LogP contribution in [0, 0.1) is 6.92 Å². The summed E-state index contributed by atoms with van der Waals surface area (Å²) in [5, 5.41) is 7.20. The predicted molar refractivity (Wildman–Crippen MR) is 92.8 cm³/mol. The summed E-state index contributed by atoms with van der Waals surface area (Å²) in [5.41, 5.74) is 0.877. The van der Waals surface area contributed by atoms with Crippen LogP contribution >= 0.6 is 0 Å². The van der Waals surface area contributed by atoms with E-state index in [1.807, 2.05) is 13.0 Å². The fraction of sp³-hybridized carbons (Fsp3) is 0.688. The van der Waals surface area contributed by atoms with Crippen molar-refractivity contribution in [1.82, 2.24) is 25.2 Å². The van der Waals surface area contributed by atoms with Gasteiger partial charge in [0.2, 0.25) is 5.91 Å². The fourth-order valence-corrected chi connectivity index (χ4v) is 2.66. The monoisotopic (exact) mass is 336 g/mol. The van der Waals surface area contributed by atoms with Crippen LogP contribution in [-0.4, -0.2) is 85.6 Å². The van der Waals surface area contributed by atoms with Gasteiger partial charge >= 0.3 is 0 Å². The molecular weight excluding hydrogens is 308 g/mol. The summed E-state index contributed by atoms with van der Waals surface area (Å²) in [6.45, 7) is 6.95. The average Bonchev–Trinajstić information content (AvgIpc) is 2.99. The van der Waals surface area contributed by atoms with Gasteiger partial charge < -0.3 is 19.6 Å². The minimum atomic E-state index is 0.178. The number of piperazine rings is 1. The molecule has 134 valence electrons. The van der Waals surface area contributed by atoms with E-state index in [-0.39, 0.29) is 5.91 Å². The molecule has 2 rings (SSSR count). The number of rotatable bonds is 5. The SMILES string of the molecule is CN=C(NCc1cc(C)no1)N1CCN(CCC(=O)N(C)C)CC1. The first-order valence-corrected chi connectivity index (χ1v) is 8.30. The summed E-state index contributed by atoms with van der Waals surface area (Å²) < 4.78 is 5.21. The Labute approximate surface area is 143 Å². The quantitative estimate of drug-likeness (QED) is 0.609. The number of amides is 1. The number of aryl methyl sites for hydroxylation is 1. The largest absolute Gasteiger partial charge is 0.359 e. The number of hydrogen-bond acceptors (Lipinski definition) is 5. The summed E-state index contributed by atoms with van der Waals surface area (Å²) in [7, 11) is 5.38. The number of hydrogen-bond donors (Lipinski definition) is 1. The van der Waals surface area contributed by atoms with Crippen molar-refractivity contribution >= 4 is 11.9 Å². The predicted octanol–water partition coefficient (Wildman–Crippen LogP) is 0.154. The lowest BCUT2D eigenvalue weighted by molar-refractivity contribution is -0.129. The average molecular weight is 336 g/mol. The third kappa shape index (κ3) is 5.23. The van der Waals surface area contributed by atoms with E-state index in [0.717, 1.165) is 50.1 Å². The molecule has 1 aromatic rings. The molecule has 0 unspecified atom stereocenters. The highest BCUT2D eigenvalue weighted by molar-refractivity contribution is 5.80. The third-order valence-corrected chi connectivity index (χ3v) is 4.12. The van der Waals surface area contributed by atoms with Gasteiger partial charge in [-0.25, -0.2) is 0 Å². The highest BCUT2D eigenvalue weighted by Crippen LogP contribution is 2.05. The first kappa shape index (κ1) is 18.3. The van der Waals surface area contributed by atoms with E-state index >= 15 is 0 Å². The van der Waals surface area contributed by atoms with Crippen molar-refractivity contribution in [1.29, 1.82) is 0 Å². The number of nitrogens with zero attached hydrogens (tertiary/aromatic N) is 5. The Bertz CT molecular complexity index is 561. The van der Waals surface area contributed by atoms with Crippen molar-refractivity contribution in [3.8, 4) is 0 Å². The molecule has 0 aromatic carbocycles. The molecular formula is C16H28N6O2. The summed E-state index contributed by atoms with van der Waals surface area (Å²) in [4.78, 5) is 22.2. The topological polar surface area (TPSA) is 77.2 Å². The van der Waals surface area contributed by atoms with Crippen LogP contribution in [0.15, 0.2) is 15.6 Å². The van der Waals surface area contributed by atoms with Crippen LogP contribution in [-0.2, 0) is 11.3 Å². The minimum absolute atomic E-state index is 0.178. The van der Waals surface area contributed by atoms with Gasteiger partial charge in [-0.15, -0.1) is 0 Å². The van der Waals surface area contributed by atoms with Crippen LogP contribution in [0.1, 0.15) is 17.9 Å². The summed E-state index contributed by atoms with van der Waals surface area (Å²) in [5.74, 6) is 1.85. The van der Waals surface area contributed by atoms with E-state index in [0.29, 0.717) is 13.0 Å². The number of nitrogens with one attached hydrogen (secondary N) is 1. The Balaban J connectivity index is 1.74. The second-order valence-electron chi connectivity index (χ2n) is 6.20. The van der Waals surface area contributed by atoms with Gasteiger partial charge in [0.05, 0.1) is 12.2 Å². The van der Waals surface area contributed by atoms with Crippen molar-refractivity contribution in [3.05, 3.63) is 17.5 Å². The van der Waals surface area contributed by atoms with Crippen molar-refractivity contribution < 1.29 is 9.32 Å². The van der Waals surface area contributed by atoms with Gasteiger partial charge in [0, 0.05) is 66.4 Å². The molecule has 0 aliphatic carbocycles. The molecule has 2 heterocycles. The number of aromatic nitrogens is 1. The molecule has 0 saturated carbocycles. The van der Waals surface area contributed by atoms with E-state index in [1.165, 1.54) is 0 Å². The summed E-state index contributed by atoms with van der Waals surface area (Å²) >= 11 is 0. The van der Waals surface area contributed by atoms with E-state index < -0.39 is 0 Å². The van der Waals surface area contributed by atoms with Crippen molar-refractivity contribution in [2.45, 2.75) is 19.9 Å². The van der Waals surface area contributed by atoms with Gasteiger partial charge in [-0.05, 0) is 6.92 Å². The second-order valence-corrected chi connectivity index (χ2v) is 6.20. The standard InChI is InChI=1S/C16H28N6O2/c1-13-11-14(24-19-13)12-18-16(17-2)22-9-7-21(8-10-22)6-5-15(23)20(3)4/h11H,5-10,12H2,1-4H3,(H,17,18). The highest BCUT2D eigenvalue weighted by atomic mass is 16.5. The number of carbonyl (C=O) groups excluding carboxylic acids is 1. The molecule has 1 fully saturated rings. The zero-order valence-corrected chi connectivity index (χ0v) is 15.1. The van der Waals surface area contributed by atoms with Crippen LogP contribution in [0.5, 0.6) is 0 Å². The summed E-state index contributed by atoms with van der Waals surface area (Å²) in [6.07, 6.45) is 0.574. The normalized spacial score (nSPS) is 16.3. The maximum Gasteiger partial charge on any atom is 0.223 e. The van der Waals surface area contributed by atoms with Gasteiger partial charge in [0.15, 0.2) is 11.7 Å². The lowest BCUT2D eigenvalue weighted by atomic mass is 10.3. The molecule has 1 aromatic heterocycles. The zero-order valence-electron chi connectivity index (χ0n) is 15.1. The van der Waals surface area contributed by atoms with Crippen LogP contribution in [0.3, 0.4) is 0 Å². The molecule has 24 heavy (non-hydrogen) atoms. The van der Waals surface area contributed by atoms with E-state index in [9.17, 15) is 4.79 Å². The Morgan fingerprint density at radius 1 is 1.38 bits per heavy atom. The smallest absolute Gasteiger partial charge is 0.223 e. The fourth-order valence-electron chi connectivity index (χ4n) is 2.66. The van der Waals surface area contributed by atoms with Gasteiger partial charge in [-0.3, -0.25) is 14.7 Å². The molecule has 1 N–H and O–H groups in total. The van der Waals surface area contributed by atoms with E-state index in [2.05, 4.69) is 25.3 Å². The minimum Gasteiger partial charge on any atom is -0.359 e. The first-order chi connectivity index (χ1) is 11.5. The van der Waals surface area contributed by atoms with Crippen LogP contribution in [0.4, 0.5) is 0 Å². The lowest BCUT2D eigenvalue weighted by Gasteiger charge is -2.36. The number of carbonyl (C=O) groups is 1. The molecule has 1 amide bonds. The molecule has 0 spiro atoms. The Morgan fingerprint density at radius 3 is 2.62 bits per heavy atom. The maximum atomic E-state index is 11.7. The van der Waals surface area contributed by atoms with Gasteiger partial charge in [0.25, 0.3) is 0 Å². The van der Waals surface area contributed by atoms with Gasteiger partial charge in [-0.2, -0.15) is 0 Å². The second kappa shape index (κ2) is 8.68. The molecule has 1 saturated heterocycles. The maximum absolute atomic E-state index is 11.7. The van der Waals surface area contributed by atoms with Crippen LogP contribution < -0.4 is 5.32 Å². The molecule has 8 nitrogen and oxygen atoms in total. The zero-order chi connectivity index (χ0) is 17.5. The Hall–Kier alpha value is -2.09. The number of guanidine groups is 1. The Morgan fingerprint density at radius 2 is 2.08 bits per heavy atom. The van der Waals surface area contributed by atoms with E-state index in [1.54, 1.807) is 26.0 Å². The molecule has 1 aliphatic heterocycles. The summed E-state index contributed by atoms with van der Waals surface area (Å²) in [6, 6.07) is 1.92. The van der Waals surface area contributed by atoms with Crippen molar-refractivity contribution in [2.75, 3.05) is 53.9 Å². The van der Waals surface area contributed by atoms with Gasteiger partial charge in [-0.1, -0.05) is 5.16 Å². The van der Waals surface area contributed by atoms with Gasteiger partial charge in [0.1, 0.15) is 0 Å². The molecule has 0 radical (unpaired) electrons. The lowest BCUT2D eigenvalue weighted by Crippen LogP contribution is -2.52. The molecule has 8 heteroatoms. The number of aliphatic imine (C=N–C) groups is 1. The van der Waals surface area contributed by atoms with Crippen LogP contribution in [0.25, 0.3) is 0 Å². The third-order valence-electron chi connectivity index (χ3n) is 4.12.